The van der Waals surface area contributed by atoms with Gasteiger partial charge in [-0.05, 0) is 37.5 Å². The summed E-state index contributed by atoms with van der Waals surface area (Å²) in [4.78, 5) is 2.30. The number of hydrogen-bond donors (Lipinski definition) is 2. The molecule has 1 heterocycles. The second kappa shape index (κ2) is 6.21. The highest BCUT2D eigenvalue weighted by Gasteiger charge is 2.20. The molecule has 2 rings (SSSR count). The van der Waals surface area contributed by atoms with E-state index in [0.717, 1.165) is 24.2 Å². The van der Waals surface area contributed by atoms with Gasteiger partial charge < -0.3 is 15.1 Å². The van der Waals surface area contributed by atoms with E-state index in [4.69, 9.17) is 0 Å². The van der Waals surface area contributed by atoms with E-state index in [2.05, 4.69) is 17.0 Å². The van der Waals surface area contributed by atoms with Crippen molar-refractivity contribution in [3.8, 4) is 0 Å². The van der Waals surface area contributed by atoms with Gasteiger partial charge in [-0.3, -0.25) is 0 Å². The molecule has 0 aliphatic carbocycles. The van der Waals surface area contributed by atoms with Crippen molar-refractivity contribution in [3.05, 3.63) is 29.8 Å². The number of hydrogen-bond acceptors (Lipinski definition) is 3. The Kier molecular flexibility index (Phi) is 4.61. The molecule has 0 aromatic heterocycles. The number of rotatable bonds is 3. The molecule has 0 amide bonds. The average molecular weight is 249 g/mol. The van der Waals surface area contributed by atoms with E-state index in [9.17, 15) is 10.2 Å². The largest absolute Gasteiger partial charge is 0.394 e. The fourth-order valence-electron chi connectivity index (χ4n) is 2.65. The molecule has 2 N–H and O–H groups in total. The SMILES string of the molecule is C[C@H](O)c1ccc(N2CCCCCC2CO)cc1. The molecule has 1 fully saturated rings. The van der Waals surface area contributed by atoms with Gasteiger partial charge in [-0.15, -0.1) is 0 Å². The minimum atomic E-state index is -0.420. The molecule has 3 nitrogen and oxygen atoms in total. The second-order valence-electron chi connectivity index (χ2n) is 5.15. The first-order valence-electron chi connectivity index (χ1n) is 6.88. The Morgan fingerprint density at radius 3 is 2.56 bits per heavy atom. The molecule has 1 unspecified atom stereocenters. The van der Waals surface area contributed by atoms with Crippen LogP contribution in [0.2, 0.25) is 0 Å². The standard InChI is InChI=1S/C15H23NO2/c1-12(18)13-6-8-14(9-7-13)16-10-4-2-3-5-15(16)11-17/h6-9,12,15,17-18H,2-5,10-11H2,1H3/t12-,15?/m0/s1. The van der Waals surface area contributed by atoms with Crippen LogP contribution < -0.4 is 4.90 Å². The van der Waals surface area contributed by atoms with Crippen LogP contribution in [0.3, 0.4) is 0 Å². The van der Waals surface area contributed by atoms with E-state index in [1.807, 2.05) is 12.1 Å². The molecule has 2 atom stereocenters. The highest BCUT2D eigenvalue weighted by Crippen LogP contribution is 2.25. The topological polar surface area (TPSA) is 43.7 Å². The Balaban J connectivity index is 2.16. The number of aliphatic hydroxyl groups is 2. The maximum absolute atomic E-state index is 9.51. The number of anilines is 1. The van der Waals surface area contributed by atoms with Crippen LogP contribution in [-0.2, 0) is 0 Å². The van der Waals surface area contributed by atoms with E-state index in [1.165, 1.54) is 19.3 Å². The van der Waals surface area contributed by atoms with Crippen molar-refractivity contribution in [2.75, 3.05) is 18.1 Å². The van der Waals surface area contributed by atoms with Gasteiger partial charge in [-0.25, -0.2) is 0 Å². The zero-order valence-corrected chi connectivity index (χ0v) is 11.0. The van der Waals surface area contributed by atoms with E-state index < -0.39 is 6.10 Å². The maximum Gasteiger partial charge on any atom is 0.0761 e. The summed E-state index contributed by atoms with van der Waals surface area (Å²) in [6, 6.07) is 8.29. The molecular formula is C15H23NO2. The van der Waals surface area contributed by atoms with E-state index in [1.54, 1.807) is 6.92 Å². The van der Waals surface area contributed by atoms with Crippen molar-refractivity contribution < 1.29 is 10.2 Å². The van der Waals surface area contributed by atoms with E-state index >= 15 is 0 Å². The zero-order chi connectivity index (χ0) is 13.0. The quantitative estimate of drug-likeness (QED) is 0.865. The summed E-state index contributed by atoms with van der Waals surface area (Å²) in [6.07, 6.45) is 4.28. The molecule has 3 heteroatoms. The van der Waals surface area contributed by atoms with Gasteiger partial charge in [0, 0.05) is 12.2 Å². The normalized spacial score (nSPS) is 22.6. The Morgan fingerprint density at radius 2 is 1.94 bits per heavy atom. The molecule has 0 spiro atoms. The minimum absolute atomic E-state index is 0.220. The summed E-state index contributed by atoms with van der Waals surface area (Å²) in [7, 11) is 0. The molecule has 0 radical (unpaired) electrons. The average Bonchev–Trinajstić information content (AvgIpc) is 2.63. The second-order valence-corrected chi connectivity index (χ2v) is 5.15. The van der Waals surface area contributed by atoms with Gasteiger partial charge in [-0.1, -0.05) is 25.0 Å². The fraction of sp³-hybridized carbons (Fsp3) is 0.600. The highest BCUT2D eigenvalue weighted by molar-refractivity contribution is 5.49. The lowest BCUT2D eigenvalue weighted by Gasteiger charge is -2.31. The van der Waals surface area contributed by atoms with Crippen LogP contribution in [0.4, 0.5) is 5.69 Å². The lowest BCUT2D eigenvalue weighted by molar-refractivity contribution is 0.199. The summed E-state index contributed by atoms with van der Waals surface area (Å²) < 4.78 is 0. The molecular weight excluding hydrogens is 226 g/mol. The lowest BCUT2D eigenvalue weighted by Crippen LogP contribution is -2.37. The minimum Gasteiger partial charge on any atom is -0.394 e. The molecule has 100 valence electrons. The van der Waals surface area contributed by atoms with Crippen LogP contribution >= 0.6 is 0 Å². The predicted octanol–water partition coefficient (Wildman–Crippen LogP) is 2.48. The van der Waals surface area contributed by atoms with Crippen molar-refractivity contribution >= 4 is 5.69 Å². The summed E-state index contributed by atoms with van der Waals surface area (Å²) in [5.74, 6) is 0. The molecule has 1 aliphatic heterocycles. The maximum atomic E-state index is 9.51. The molecule has 0 saturated carbocycles. The molecule has 1 aromatic carbocycles. The Bertz CT molecular complexity index is 361. The van der Waals surface area contributed by atoms with E-state index in [0.29, 0.717) is 0 Å². The number of benzene rings is 1. The molecule has 1 aliphatic rings. The van der Waals surface area contributed by atoms with Crippen LogP contribution in [0, 0.1) is 0 Å². The Hall–Kier alpha value is -1.06. The highest BCUT2D eigenvalue weighted by atomic mass is 16.3. The van der Waals surface area contributed by atoms with Crippen LogP contribution in [0.5, 0.6) is 0 Å². The van der Waals surface area contributed by atoms with Gasteiger partial charge in [-0.2, -0.15) is 0 Å². The third-order valence-electron chi connectivity index (χ3n) is 3.80. The van der Waals surface area contributed by atoms with Gasteiger partial charge in [0.15, 0.2) is 0 Å². The first-order valence-corrected chi connectivity index (χ1v) is 6.88. The first kappa shape index (κ1) is 13.4. The monoisotopic (exact) mass is 249 g/mol. The third kappa shape index (κ3) is 3.03. The van der Waals surface area contributed by atoms with Gasteiger partial charge >= 0.3 is 0 Å². The van der Waals surface area contributed by atoms with Gasteiger partial charge in [0.1, 0.15) is 0 Å². The summed E-state index contributed by atoms with van der Waals surface area (Å²) >= 11 is 0. The van der Waals surface area contributed by atoms with Gasteiger partial charge in [0.2, 0.25) is 0 Å². The molecule has 0 bridgehead atoms. The smallest absolute Gasteiger partial charge is 0.0761 e. The van der Waals surface area contributed by atoms with Crippen LogP contribution in [0.1, 0.15) is 44.3 Å². The Labute approximate surface area is 109 Å². The third-order valence-corrected chi connectivity index (χ3v) is 3.80. The van der Waals surface area contributed by atoms with Crippen LogP contribution in [0.25, 0.3) is 0 Å². The van der Waals surface area contributed by atoms with Crippen molar-refractivity contribution in [3.63, 3.8) is 0 Å². The van der Waals surface area contributed by atoms with Gasteiger partial charge in [0.25, 0.3) is 0 Å². The lowest BCUT2D eigenvalue weighted by atomic mass is 10.1. The van der Waals surface area contributed by atoms with E-state index in [-0.39, 0.29) is 12.6 Å². The van der Waals surface area contributed by atoms with Crippen molar-refractivity contribution in [1.82, 2.24) is 0 Å². The molecule has 1 aromatic rings. The summed E-state index contributed by atoms with van der Waals surface area (Å²) in [5.41, 5.74) is 2.09. The van der Waals surface area contributed by atoms with Crippen molar-refractivity contribution in [2.24, 2.45) is 0 Å². The first-order chi connectivity index (χ1) is 8.72. The predicted molar refractivity (Wildman–Crippen MR) is 73.8 cm³/mol. The number of nitrogens with zero attached hydrogens (tertiary/aromatic N) is 1. The molecule has 1 saturated heterocycles. The van der Waals surface area contributed by atoms with Crippen LogP contribution in [0.15, 0.2) is 24.3 Å². The van der Waals surface area contributed by atoms with Crippen molar-refractivity contribution in [1.29, 1.82) is 0 Å². The molecule has 18 heavy (non-hydrogen) atoms. The number of aliphatic hydroxyl groups excluding tert-OH is 2. The van der Waals surface area contributed by atoms with Gasteiger partial charge in [0.05, 0.1) is 18.8 Å². The summed E-state index contributed by atoms with van der Waals surface area (Å²) in [5, 5.41) is 19.0. The zero-order valence-electron chi connectivity index (χ0n) is 11.0. The van der Waals surface area contributed by atoms with Crippen molar-refractivity contribution in [2.45, 2.75) is 44.8 Å². The van der Waals surface area contributed by atoms with Crippen LogP contribution in [-0.4, -0.2) is 29.4 Å². The summed E-state index contributed by atoms with van der Waals surface area (Å²) in [6.45, 7) is 3.01. The Morgan fingerprint density at radius 1 is 1.22 bits per heavy atom. The fourth-order valence-corrected chi connectivity index (χ4v) is 2.65.